The maximum atomic E-state index is 7.25. The number of hydrogen-bond donors (Lipinski definition) is 0. The Kier molecular flexibility index (Phi) is 17.2. The summed E-state index contributed by atoms with van der Waals surface area (Å²) in [7, 11) is -3.01. The van der Waals surface area contributed by atoms with Gasteiger partial charge < -0.3 is 22.6 Å². The van der Waals surface area contributed by atoms with Crippen molar-refractivity contribution in [1.29, 1.82) is 0 Å². The molecular weight excluding hydrogens is 1200 g/mol. The molecular formula is C60H54Au2N2Si2-2. The van der Waals surface area contributed by atoms with Crippen LogP contribution in [-0.2, 0) is 44.8 Å². The van der Waals surface area contributed by atoms with E-state index in [1.54, 1.807) is 0 Å². The van der Waals surface area contributed by atoms with Crippen LogP contribution in [-0.4, -0.2) is 29.2 Å². The van der Waals surface area contributed by atoms with Gasteiger partial charge in [-0.15, -0.1) is 35.4 Å². The van der Waals surface area contributed by atoms with Gasteiger partial charge in [0.25, 0.3) is 0 Å². The standard InChI is InChI=1S/C28H28N2.2C16H13Si.2Au/c1-5-15-25(16-6-1)29(26-17-7-2-8-18-26)23-13-14-24-30(27-19-9-3-10-20-27)28-21-11-4-12-22-28;2*1-4-12-9-10-16-14(11-12)13-7-5-6-8-15(13)17(16,2)3;;/h1-12,15-22H,13-14,23-24H2;2*5-11H,2-3H3;;/q;2*-1;;. The Bertz CT molecular complexity index is 2640. The average Bonchev–Trinajstić information content (AvgIpc) is 3.72. The molecule has 336 valence electrons. The minimum Gasteiger partial charge on any atom is -0.366 e. The first-order chi connectivity index (χ1) is 31.2. The first kappa shape index (κ1) is 49.8. The topological polar surface area (TPSA) is 6.48 Å². The van der Waals surface area contributed by atoms with Gasteiger partial charge in [0.1, 0.15) is 16.1 Å². The average molecular weight is 1250 g/mol. The van der Waals surface area contributed by atoms with E-state index in [2.05, 4.69) is 242 Å². The summed E-state index contributed by atoms with van der Waals surface area (Å²) in [5.74, 6) is 4.96. The van der Waals surface area contributed by atoms with E-state index in [0.717, 1.165) is 37.1 Å². The van der Waals surface area contributed by atoms with Gasteiger partial charge in [-0.2, -0.15) is 0 Å². The van der Waals surface area contributed by atoms with Crippen LogP contribution >= 0.6 is 0 Å². The number of nitrogens with zero attached hydrogens (tertiary/aromatic N) is 2. The van der Waals surface area contributed by atoms with E-state index in [-0.39, 0.29) is 44.8 Å². The molecule has 0 saturated carbocycles. The normalized spacial score (nSPS) is 12.5. The van der Waals surface area contributed by atoms with Crippen molar-refractivity contribution in [2.75, 3.05) is 22.9 Å². The van der Waals surface area contributed by atoms with Crippen LogP contribution in [0.1, 0.15) is 24.0 Å². The first-order valence-corrected chi connectivity index (χ1v) is 28.3. The minimum atomic E-state index is -1.51. The summed E-state index contributed by atoms with van der Waals surface area (Å²) in [4.78, 5) is 4.82. The predicted octanol–water partition coefficient (Wildman–Crippen LogP) is 12.3. The van der Waals surface area contributed by atoms with E-state index >= 15 is 0 Å². The number of para-hydroxylation sites is 4. The zero-order valence-corrected chi connectivity index (χ0v) is 44.3. The molecule has 8 aromatic carbocycles. The molecule has 0 N–H and O–H groups in total. The van der Waals surface area contributed by atoms with Gasteiger partial charge in [-0.25, -0.2) is 0 Å². The molecule has 2 aliphatic rings. The summed E-state index contributed by atoms with van der Waals surface area (Å²) in [5.41, 5.74) is 12.0. The Labute approximate surface area is 427 Å². The maximum absolute atomic E-state index is 7.25. The van der Waals surface area contributed by atoms with Gasteiger partial charge in [-0.05, 0) is 104 Å². The van der Waals surface area contributed by atoms with Crippen molar-refractivity contribution in [2.24, 2.45) is 0 Å². The fourth-order valence-corrected chi connectivity index (χ4v) is 15.5. The molecule has 8 aromatic rings. The molecule has 0 spiro atoms. The first-order valence-electron chi connectivity index (χ1n) is 22.3. The van der Waals surface area contributed by atoms with Crippen LogP contribution in [0.3, 0.4) is 0 Å². The van der Waals surface area contributed by atoms with Gasteiger partial charge in [0.05, 0.1) is 0 Å². The van der Waals surface area contributed by atoms with Crippen molar-refractivity contribution in [3.8, 4) is 34.1 Å². The molecule has 66 heavy (non-hydrogen) atoms. The van der Waals surface area contributed by atoms with Gasteiger partial charge in [0.15, 0.2) is 0 Å². The van der Waals surface area contributed by atoms with Crippen molar-refractivity contribution in [3.05, 3.63) is 230 Å². The van der Waals surface area contributed by atoms with Gasteiger partial charge in [-0.1, -0.05) is 160 Å². The summed E-state index contributed by atoms with van der Waals surface area (Å²) in [6.07, 6.45) is 16.7. The smallest absolute Gasteiger partial charge is 0.113 e. The molecule has 0 saturated heterocycles. The van der Waals surface area contributed by atoms with E-state index in [0.29, 0.717) is 0 Å². The fourth-order valence-electron chi connectivity index (χ4n) is 9.38. The van der Waals surface area contributed by atoms with Gasteiger partial charge >= 0.3 is 0 Å². The molecule has 0 bridgehead atoms. The Morgan fingerprint density at radius 2 is 0.621 bits per heavy atom. The number of rotatable bonds is 9. The molecule has 0 amide bonds. The Hall–Kier alpha value is -5.61. The molecule has 0 atom stereocenters. The Balaban J connectivity index is 0.000000172. The SMILES string of the molecule is [Au].[Au].[C-]#Cc1ccc2c(c1)-c1ccccc1[Si]2(C)C.[C-]#Cc1ccc2c(c1)-c1ccccc1[Si]2(C)C.c1ccc(N(CCCCN(c2ccccc2)c2ccccc2)c2ccccc2)cc1. The van der Waals surface area contributed by atoms with Crippen LogP contribution in [0.5, 0.6) is 0 Å². The molecule has 0 aromatic heterocycles. The van der Waals surface area contributed by atoms with E-state index in [4.69, 9.17) is 12.8 Å². The molecule has 0 unspecified atom stereocenters. The second-order valence-electron chi connectivity index (χ2n) is 17.5. The van der Waals surface area contributed by atoms with E-state index in [1.807, 2.05) is 12.1 Å². The van der Waals surface area contributed by atoms with Crippen LogP contribution in [0, 0.1) is 24.7 Å². The zero-order valence-electron chi connectivity index (χ0n) is 38.0. The van der Waals surface area contributed by atoms with Crippen molar-refractivity contribution in [3.63, 3.8) is 0 Å². The Morgan fingerprint density at radius 1 is 0.348 bits per heavy atom. The number of anilines is 4. The zero-order chi connectivity index (χ0) is 44.5. The van der Waals surface area contributed by atoms with Crippen LogP contribution in [0.2, 0.25) is 26.2 Å². The molecule has 2 radical (unpaired) electrons. The van der Waals surface area contributed by atoms with Gasteiger partial charge in [0.2, 0.25) is 0 Å². The third-order valence-electron chi connectivity index (χ3n) is 12.7. The molecule has 2 aliphatic heterocycles. The third kappa shape index (κ3) is 10.8. The molecule has 0 fully saturated rings. The van der Waals surface area contributed by atoms with Crippen molar-refractivity contribution in [2.45, 2.75) is 39.0 Å². The molecule has 2 nitrogen and oxygen atoms in total. The van der Waals surface area contributed by atoms with Crippen molar-refractivity contribution < 1.29 is 44.8 Å². The molecule has 10 rings (SSSR count). The second-order valence-corrected chi connectivity index (χ2v) is 26.1. The van der Waals surface area contributed by atoms with E-state index in [9.17, 15) is 0 Å². The molecule has 0 aliphatic carbocycles. The second kappa shape index (κ2) is 22.7. The van der Waals surface area contributed by atoms with E-state index in [1.165, 1.54) is 65.8 Å². The van der Waals surface area contributed by atoms with Crippen molar-refractivity contribution >= 4 is 59.6 Å². The summed E-state index contributed by atoms with van der Waals surface area (Å²) >= 11 is 0. The van der Waals surface area contributed by atoms with Crippen LogP contribution in [0.4, 0.5) is 22.7 Å². The fraction of sp³-hybridized carbons (Fsp3) is 0.133. The Morgan fingerprint density at radius 3 is 0.924 bits per heavy atom. The summed E-state index contributed by atoms with van der Waals surface area (Å²) in [5, 5.41) is 5.99. The van der Waals surface area contributed by atoms with E-state index < -0.39 is 16.1 Å². The number of unbranched alkanes of at least 4 members (excludes halogenated alkanes) is 1. The van der Waals surface area contributed by atoms with Crippen molar-refractivity contribution in [1.82, 2.24) is 0 Å². The third-order valence-corrected chi connectivity index (χ3v) is 19.9. The van der Waals surface area contributed by atoms with Crippen LogP contribution in [0.15, 0.2) is 206 Å². The number of benzene rings is 8. The number of fused-ring (bicyclic) bond motifs is 6. The summed E-state index contributed by atoms with van der Waals surface area (Å²) < 4.78 is 0. The molecule has 2 heterocycles. The predicted molar refractivity (Wildman–Crippen MR) is 279 cm³/mol. The maximum Gasteiger partial charge on any atom is 0.113 e. The largest absolute Gasteiger partial charge is 0.366 e. The minimum absolute atomic E-state index is 0. The van der Waals surface area contributed by atoms with Crippen LogP contribution < -0.4 is 30.5 Å². The van der Waals surface area contributed by atoms with Gasteiger partial charge in [0, 0.05) is 80.6 Å². The van der Waals surface area contributed by atoms with Crippen LogP contribution in [0.25, 0.3) is 22.3 Å². The monoisotopic (exact) mass is 1250 g/mol. The summed E-state index contributed by atoms with van der Waals surface area (Å²) in [6.45, 7) is 11.6. The summed E-state index contributed by atoms with van der Waals surface area (Å²) in [6, 6.07) is 72.6. The number of hydrogen-bond acceptors (Lipinski definition) is 2. The molecule has 6 heteroatoms. The quantitative estimate of drug-likeness (QED) is 0.0615. The van der Waals surface area contributed by atoms with Gasteiger partial charge in [-0.3, -0.25) is 11.8 Å².